The molecular formula is C10H8ClN3O2. The van der Waals surface area contributed by atoms with Crippen LogP contribution in [0.5, 0.6) is 0 Å². The topological polar surface area (TPSA) is 68.0 Å². The largest absolute Gasteiger partial charge is 0.364 e. The Hall–Kier alpha value is -1.88. The fourth-order valence-electron chi connectivity index (χ4n) is 1.11. The molecule has 1 amide bonds. The van der Waals surface area contributed by atoms with Crippen LogP contribution in [0.4, 0.5) is 0 Å². The summed E-state index contributed by atoms with van der Waals surface area (Å²) in [6.07, 6.45) is 2.87. The van der Waals surface area contributed by atoms with Crippen molar-refractivity contribution in [3.63, 3.8) is 0 Å². The highest BCUT2D eigenvalue weighted by molar-refractivity contribution is 6.29. The molecule has 2 rings (SSSR count). The van der Waals surface area contributed by atoms with Crippen LogP contribution in [0.25, 0.3) is 0 Å². The fraction of sp³-hybridized carbons (Fsp3) is 0.100. The summed E-state index contributed by atoms with van der Waals surface area (Å²) in [5, 5.41) is 6.70. The Kier molecular flexibility index (Phi) is 3.16. The monoisotopic (exact) mass is 237 g/mol. The van der Waals surface area contributed by atoms with Gasteiger partial charge in [0.1, 0.15) is 17.1 Å². The van der Waals surface area contributed by atoms with Gasteiger partial charge in [0.25, 0.3) is 5.91 Å². The molecule has 16 heavy (non-hydrogen) atoms. The minimum atomic E-state index is -0.229. The molecule has 0 saturated carbocycles. The van der Waals surface area contributed by atoms with Gasteiger partial charge in [0, 0.05) is 12.3 Å². The van der Waals surface area contributed by atoms with Gasteiger partial charge in [0.15, 0.2) is 0 Å². The predicted molar refractivity (Wildman–Crippen MR) is 56.9 cm³/mol. The van der Waals surface area contributed by atoms with Crippen LogP contribution in [-0.4, -0.2) is 16.0 Å². The Labute approximate surface area is 96.4 Å². The van der Waals surface area contributed by atoms with Crippen molar-refractivity contribution in [3.8, 4) is 0 Å². The number of nitrogens with one attached hydrogen (secondary N) is 1. The standard InChI is InChI=1S/C10H8ClN3O2/c11-9-2-1-7(5-12-9)10(15)13-6-8-3-4-16-14-8/h1-5H,6H2,(H,13,15). The van der Waals surface area contributed by atoms with Crippen molar-refractivity contribution in [3.05, 3.63) is 47.1 Å². The first-order valence-corrected chi connectivity index (χ1v) is 4.92. The van der Waals surface area contributed by atoms with E-state index in [1.807, 2.05) is 0 Å². The molecule has 0 aliphatic rings. The van der Waals surface area contributed by atoms with Crippen LogP contribution in [0.15, 0.2) is 35.2 Å². The Morgan fingerprint density at radius 1 is 1.44 bits per heavy atom. The average Bonchev–Trinajstić information content (AvgIpc) is 2.80. The van der Waals surface area contributed by atoms with E-state index in [9.17, 15) is 4.79 Å². The van der Waals surface area contributed by atoms with Gasteiger partial charge in [-0.15, -0.1) is 0 Å². The number of carbonyl (C=O) groups is 1. The number of nitrogens with zero attached hydrogens (tertiary/aromatic N) is 2. The second kappa shape index (κ2) is 4.76. The van der Waals surface area contributed by atoms with Crippen molar-refractivity contribution in [1.82, 2.24) is 15.5 Å². The van der Waals surface area contributed by atoms with Crippen LogP contribution in [0.3, 0.4) is 0 Å². The molecule has 2 heterocycles. The number of halogens is 1. The van der Waals surface area contributed by atoms with Crippen LogP contribution in [0.1, 0.15) is 16.1 Å². The lowest BCUT2D eigenvalue weighted by Gasteiger charge is -2.02. The van der Waals surface area contributed by atoms with Gasteiger partial charge in [0.2, 0.25) is 0 Å². The molecule has 0 aromatic carbocycles. The van der Waals surface area contributed by atoms with Crippen molar-refractivity contribution in [1.29, 1.82) is 0 Å². The van der Waals surface area contributed by atoms with Crippen molar-refractivity contribution < 1.29 is 9.32 Å². The quantitative estimate of drug-likeness (QED) is 0.825. The molecule has 2 aromatic rings. The SMILES string of the molecule is O=C(NCc1ccon1)c1ccc(Cl)nc1. The summed E-state index contributed by atoms with van der Waals surface area (Å²) in [6, 6.07) is 4.85. The molecule has 0 atom stereocenters. The molecule has 0 bridgehead atoms. The molecule has 0 unspecified atom stereocenters. The molecule has 0 spiro atoms. The zero-order chi connectivity index (χ0) is 11.4. The van der Waals surface area contributed by atoms with Crippen molar-refractivity contribution >= 4 is 17.5 Å². The van der Waals surface area contributed by atoms with E-state index in [2.05, 4.69) is 20.0 Å². The van der Waals surface area contributed by atoms with E-state index in [0.29, 0.717) is 23.0 Å². The van der Waals surface area contributed by atoms with Gasteiger partial charge in [-0.25, -0.2) is 4.98 Å². The fourth-order valence-corrected chi connectivity index (χ4v) is 1.22. The van der Waals surface area contributed by atoms with Crippen LogP contribution in [0.2, 0.25) is 5.15 Å². The lowest BCUT2D eigenvalue weighted by Crippen LogP contribution is -2.22. The number of rotatable bonds is 3. The Bertz CT molecular complexity index is 467. The van der Waals surface area contributed by atoms with Gasteiger partial charge in [0.05, 0.1) is 12.1 Å². The Balaban J connectivity index is 1.95. The average molecular weight is 238 g/mol. The lowest BCUT2D eigenvalue weighted by molar-refractivity contribution is 0.0949. The van der Waals surface area contributed by atoms with E-state index in [1.54, 1.807) is 18.2 Å². The number of hydrogen-bond acceptors (Lipinski definition) is 4. The van der Waals surface area contributed by atoms with Crippen LogP contribution in [0, 0.1) is 0 Å². The number of pyridine rings is 1. The van der Waals surface area contributed by atoms with Crippen LogP contribution in [-0.2, 0) is 6.54 Å². The Morgan fingerprint density at radius 2 is 2.31 bits per heavy atom. The molecule has 0 saturated heterocycles. The predicted octanol–water partition coefficient (Wildman–Crippen LogP) is 1.65. The summed E-state index contributed by atoms with van der Waals surface area (Å²) in [5.74, 6) is -0.229. The van der Waals surface area contributed by atoms with Crippen molar-refractivity contribution in [2.75, 3.05) is 0 Å². The summed E-state index contributed by atoms with van der Waals surface area (Å²) in [5.41, 5.74) is 1.11. The molecule has 6 heteroatoms. The maximum absolute atomic E-state index is 11.6. The number of aromatic nitrogens is 2. The van der Waals surface area contributed by atoms with E-state index in [1.165, 1.54) is 12.5 Å². The van der Waals surface area contributed by atoms with Crippen molar-refractivity contribution in [2.24, 2.45) is 0 Å². The zero-order valence-corrected chi connectivity index (χ0v) is 8.94. The number of amides is 1. The van der Waals surface area contributed by atoms with E-state index in [-0.39, 0.29) is 5.91 Å². The van der Waals surface area contributed by atoms with Gasteiger partial charge in [-0.1, -0.05) is 16.8 Å². The van der Waals surface area contributed by atoms with Crippen molar-refractivity contribution in [2.45, 2.75) is 6.54 Å². The second-order valence-corrected chi connectivity index (χ2v) is 3.43. The maximum Gasteiger partial charge on any atom is 0.253 e. The molecule has 0 aliphatic carbocycles. The maximum atomic E-state index is 11.6. The summed E-state index contributed by atoms with van der Waals surface area (Å²) in [7, 11) is 0. The van der Waals surface area contributed by atoms with Gasteiger partial charge >= 0.3 is 0 Å². The number of carbonyl (C=O) groups excluding carboxylic acids is 1. The summed E-state index contributed by atoms with van der Waals surface area (Å²) in [6.45, 7) is 0.317. The van der Waals surface area contributed by atoms with Crippen LogP contribution >= 0.6 is 11.6 Å². The first-order valence-electron chi connectivity index (χ1n) is 4.55. The van der Waals surface area contributed by atoms with Crippen LogP contribution < -0.4 is 5.32 Å². The molecule has 0 aliphatic heterocycles. The molecule has 1 N–H and O–H groups in total. The third-order valence-electron chi connectivity index (χ3n) is 1.91. The highest BCUT2D eigenvalue weighted by Gasteiger charge is 2.06. The zero-order valence-electron chi connectivity index (χ0n) is 8.18. The third-order valence-corrected chi connectivity index (χ3v) is 2.13. The number of hydrogen-bond donors (Lipinski definition) is 1. The normalized spacial score (nSPS) is 10.1. The molecule has 0 fully saturated rings. The van der Waals surface area contributed by atoms with E-state index >= 15 is 0 Å². The Morgan fingerprint density at radius 3 is 2.94 bits per heavy atom. The highest BCUT2D eigenvalue weighted by atomic mass is 35.5. The first-order chi connectivity index (χ1) is 7.75. The molecule has 5 nitrogen and oxygen atoms in total. The van der Waals surface area contributed by atoms with E-state index < -0.39 is 0 Å². The third kappa shape index (κ3) is 2.58. The molecule has 82 valence electrons. The smallest absolute Gasteiger partial charge is 0.253 e. The molecule has 2 aromatic heterocycles. The summed E-state index contributed by atoms with van der Waals surface area (Å²) >= 11 is 5.61. The molecule has 0 radical (unpaired) electrons. The van der Waals surface area contributed by atoms with E-state index in [4.69, 9.17) is 11.6 Å². The summed E-state index contributed by atoms with van der Waals surface area (Å²) < 4.78 is 4.64. The van der Waals surface area contributed by atoms with E-state index in [0.717, 1.165) is 0 Å². The first kappa shape index (κ1) is 10.6. The molecular weight excluding hydrogens is 230 g/mol. The summed E-state index contributed by atoms with van der Waals surface area (Å²) in [4.78, 5) is 15.4. The van der Waals surface area contributed by atoms with Gasteiger partial charge < -0.3 is 9.84 Å². The van der Waals surface area contributed by atoms with Gasteiger partial charge in [-0.05, 0) is 12.1 Å². The minimum Gasteiger partial charge on any atom is -0.364 e. The highest BCUT2D eigenvalue weighted by Crippen LogP contribution is 2.05. The van der Waals surface area contributed by atoms with Gasteiger partial charge in [-0.3, -0.25) is 4.79 Å². The minimum absolute atomic E-state index is 0.229. The lowest BCUT2D eigenvalue weighted by atomic mass is 10.2. The second-order valence-electron chi connectivity index (χ2n) is 3.04. The van der Waals surface area contributed by atoms with Gasteiger partial charge in [-0.2, -0.15) is 0 Å².